The molecule has 1 atom stereocenters. The van der Waals surface area contributed by atoms with Gasteiger partial charge in [0, 0.05) is 17.1 Å². The van der Waals surface area contributed by atoms with Crippen LogP contribution in [0.5, 0.6) is 0 Å². The van der Waals surface area contributed by atoms with Crippen LogP contribution in [0.25, 0.3) is 0 Å². The van der Waals surface area contributed by atoms with Gasteiger partial charge in [0.15, 0.2) is 0 Å². The molecule has 2 amide bonds. The molecule has 0 radical (unpaired) electrons. The number of benzene rings is 3. The molecule has 0 heterocycles. The van der Waals surface area contributed by atoms with Crippen LogP contribution in [0.15, 0.2) is 71.6 Å². The van der Waals surface area contributed by atoms with Gasteiger partial charge >= 0.3 is 0 Å². The summed E-state index contributed by atoms with van der Waals surface area (Å²) in [5.74, 6) is -0.797. The van der Waals surface area contributed by atoms with E-state index in [1.807, 2.05) is 54.5 Å². The monoisotopic (exact) mass is 597 g/mol. The van der Waals surface area contributed by atoms with Crippen LogP contribution in [-0.4, -0.2) is 43.3 Å². The van der Waals surface area contributed by atoms with Gasteiger partial charge < -0.3 is 10.2 Å². The second-order valence-corrected chi connectivity index (χ2v) is 13.7. The van der Waals surface area contributed by atoms with Gasteiger partial charge in [0.1, 0.15) is 12.6 Å². The lowest BCUT2D eigenvalue weighted by molar-refractivity contribution is -0.141. The number of nitrogens with zero attached hydrogens (tertiary/aromatic N) is 2. The number of amides is 2. The van der Waals surface area contributed by atoms with Crippen LogP contribution in [0, 0.1) is 20.8 Å². The topological polar surface area (TPSA) is 86.8 Å². The van der Waals surface area contributed by atoms with E-state index in [2.05, 4.69) is 5.32 Å². The van der Waals surface area contributed by atoms with Crippen LogP contribution in [0.3, 0.4) is 0 Å². The summed E-state index contributed by atoms with van der Waals surface area (Å²) in [6.07, 6.45) is 0.343. The third kappa shape index (κ3) is 8.11. The second-order valence-electron chi connectivity index (χ2n) is 11.4. The number of hydrogen-bond donors (Lipinski definition) is 1. The van der Waals surface area contributed by atoms with E-state index < -0.39 is 34.1 Å². The van der Waals surface area contributed by atoms with Crippen LogP contribution >= 0.6 is 11.6 Å². The highest BCUT2D eigenvalue weighted by Gasteiger charge is 2.35. The first-order valence-electron chi connectivity index (χ1n) is 13.7. The first-order chi connectivity index (χ1) is 19.1. The van der Waals surface area contributed by atoms with Crippen molar-refractivity contribution in [2.45, 2.75) is 77.9 Å². The van der Waals surface area contributed by atoms with Crippen molar-refractivity contribution in [2.24, 2.45) is 0 Å². The Hall–Kier alpha value is -3.36. The Balaban J connectivity index is 2.11. The molecule has 1 N–H and O–H groups in total. The molecule has 220 valence electrons. The van der Waals surface area contributed by atoms with Crippen molar-refractivity contribution in [3.05, 3.63) is 94.0 Å². The summed E-state index contributed by atoms with van der Waals surface area (Å²) in [6.45, 7) is 12.7. The molecule has 41 heavy (non-hydrogen) atoms. The van der Waals surface area contributed by atoms with E-state index in [1.165, 1.54) is 4.90 Å². The molecule has 3 rings (SSSR count). The summed E-state index contributed by atoms with van der Waals surface area (Å²) >= 11 is 6.09. The van der Waals surface area contributed by atoms with Gasteiger partial charge in [-0.1, -0.05) is 60.5 Å². The van der Waals surface area contributed by atoms with E-state index in [1.54, 1.807) is 60.7 Å². The number of carbonyl (C=O) groups is 2. The molecule has 3 aromatic carbocycles. The quantitative estimate of drug-likeness (QED) is 0.302. The molecule has 3 aromatic rings. The van der Waals surface area contributed by atoms with Crippen molar-refractivity contribution in [1.29, 1.82) is 0 Å². The molecule has 0 aliphatic carbocycles. The van der Waals surface area contributed by atoms with Gasteiger partial charge in [0.25, 0.3) is 10.0 Å². The number of hydrogen-bond acceptors (Lipinski definition) is 4. The van der Waals surface area contributed by atoms with Gasteiger partial charge in [-0.2, -0.15) is 0 Å². The zero-order chi connectivity index (χ0) is 30.5. The van der Waals surface area contributed by atoms with E-state index in [9.17, 15) is 18.0 Å². The third-order valence-electron chi connectivity index (χ3n) is 6.88. The van der Waals surface area contributed by atoms with Crippen molar-refractivity contribution in [3.63, 3.8) is 0 Å². The van der Waals surface area contributed by atoms with Gasteiger partial charge in [0.2, 0.25) is 11.8 Å². The van der Waals surface area contributed by atoms with Gasteiger partial charge in [-0.05, 0) is 95.0 Å². The van der Waals surface area contributed by atoms with E-state index >= 15 is 0 Å². The molecular weight excluding hydrogens is 558 g/mol. The van der Waals surface area contributed by atoms with Crippen LogP contribution in [0.1, 0.15) is 56.4 Å². The van der Waals surface area contributed by atoms with Crippen molar-refractivity contribution in [3.8, 4) is 0 Å². The van der Waals surface area contributed by atoms with Crippen molar-refractivity contribution < 1.29 is 18.0 Å². The molecule has 9 heteroatoms. The van der Waals surface area contributed by atoms with Gasteiger partial charge in [0.05, 0.1) is 10.6 Å². The summed E-state index contributed by atoms with van der Waals surface area (Å²) < 4.78 is 29.3. The number of anilines is 1. The Bertz CT molecular complexity index is 1480. The number of halogens is 1. The van der Waals surface area contributed by atoms with E-state index in [4.69, 9.17) is 11.6 Å². The molecule has 0 saturated heterocycles. The molecule has 0 fully saturated rings. The normalized spacial score (nSPS) is 12.5. The maximum atomic E-state index is 14.2. The minimum Gasteiger partial charge on any atom is -0.350 e. The van der Waals surface area contributed by atoms with Crippen molar-refractivity contribution in [1.82, 2.24) is 10.2 Å². The molecule has 0 bridgehead atoms. The molecule has 0 saturated carbocycles. The van der Waals surface area contributed by atoms with E-state index in [-0.39, 0.29) is 17.3 Å². The fourth-order valence-electron chi connectivity index (χ4n) is 4.52. The van der Waals surface area contributed by atoms with Crippen LogP contribution in [0.2, 0.25) is 5.02 Å². The Morgan fingerprint density at radius 3 is 2.10 bits per heavy atom. The Kier molecular flexibility index (Phi) is 10.3. The van der Waals surface area contributed by atoms with Crippen LogP contribution in [-0.2, 0) is 26.2 Å². The first-order valence-corrected chi connectivity index (χ1v) is 15.5. The standard InChI is InChI=1S/C32H40ClN3O4S/c1-8-28(31(38)34-32(5,6)7)35(20-25-14-16-26(33)17-15-25)30(37)21-36(29-11-9-10-23(3)24(29)4)41(39,40)27-18-12-22(2)13-19-27/h9-19,28H,8,20-21H2,1-7H3,(H,34,38)/t28-/m1/s1. The lowest BCUT2D eigenvalue weighted by Gasteiger charge is -2.35. The van der Waals surface area contributed by atoms with Crippen LogP contribution < -0.4 is 9.62 Å². The largest absolute Gasteiger partial charge is 0.350 e. The first kappa shape index (κ1) is 32.2. The van der Waals surface area contributed by atoms with Crippen molar-refractivity contribution >= 4 is 39.1 Å². The second kappa shape index (κ2) is 13.1. The van der Waals surface area contributed by atoms with E-state index in [0.29, 0.717) is 17.1 Å². The molecule has 0 aromatic heterocycles. The van der Waals surface area contributed by atoms with Gasteiger partial charge in [-0.15, -0.1) is 0 Å². The summed E-state index contributed by atoms with van der Waals surface area (Å²) in [5.41, 5.74) is 3.23. The molecule has 7 nitrogen and oxygen atoms in total. The van der Waals surface area contributed by atoms with Crippen molar-refractivity contribution in [2.75, 3.05) is 10.8 Å². The minimum absolute atomic E-state index is 0.0820. The SMILES string of the molecule is CC[C@H](C(=O)NC(C)(C)C)N(Cc1ccc(Cl)cc1)C(=O)CN(c1cccc(C)c1C)S(=O)(=O)c1ccc(C)cc1. The smallest absolute Gasteiger partial charge is 0.264 e. The fourth-order valence-corrected chi connectivity index (χ4v) is 6.11. The molecule has 0 aliphatic rings. The highest BCUT2D eigenvalue weighted by atomic mass is 35.5. The zero-order valence-corrected chi connectivity index (χ0v) is 26.4. The average Bonchev–Trinajstić information content (AvgIpc) is 2.89. The predicted octanol–water partition coefficient (Wildman–Crippen LogP) is 6.18. The summed E-state index contributed by atoms with van der Waals surface area (Å²) in [7, 11) is -4.13. The summed E-state index contributed by atoms with van der Waals surface area (Å²) in [6, 6.07) is 18.1. The fraction of sp³-hybridized carbons (Fsp3) is 0.375. The van der Waals surface area contributed by atoms with Gasteiger partial charge in [-0.25, -0.2) is 8.42 Å². The third-order valence-corrected chi connectivity index (χ3v) is 8.91. The Morgan fingerprint density at radius 1 is 0.927 bits per heavy atom. The molecular formula is C32H40ClN3O4S. The molecule has 0 spiro atoms. The maximum absolute atomic E-state index is 14.2. The lowest BCUT2D eigenvalue weighted by Crippen LogP contribution is -2.55. The summed E-state index contributed by atoms with van der Waals surface area (Å²) in [4.78, 5) is 29.2. The molecule has 0 unspecified atom stereocenters. The Morgan fingerprint density at radius 2 is 1.54 bits per heavy atom. The van der Waals surface area contributed by atoms with Crippen LogP contribution in [0.4, 0.5) is 5.69 Å². The lowest BCUT2D eigenvalue weighted by atomic mass is 10.1. The number of rotatable bonds is 10. The predicted molar refractivity (Wildman–Crippen MR) is 166 cm³/mol. The van der Waals surface area contributed by atoms with Gasteiger partial charge in [-0.3, -0.25) is 13.9 Å². The minimum atomic E-state index is -4.13. The number of carbonyl (C=O) groups excluding carboxylic acids is 2. The Labute approximate surface area is 249 Å². The zero-order valence-electron chi connectivity index (χ0n) is 24.9. The number of sulfonamides is 1. The summed E-state index contributed by atoms with van der Waals surface area (Å²) in [5, 5.41) is 3.53. The molecule has 0 aliphatic heterocycles. The van der Waals surface area contributed by atoms with E-state index in [0.717, 1.165) is 26.6 Å². The number of nitrogens with one attached hydrogen (secondary N) is 1. The maximum Gasteiger partial charge on any atom is 0.264 e. The number of aryl methyl sites for hydroxylation is 2. The highest BCUT2D eigenvalue weighted by molar-refractivity contribution is 7.92. The average molecular weight is 598 g/mol. The highest BCUT2D eigenvalue weighted by Crippen LogP contribution is 2.29.